The lowest BCUT2D eigenvalue weighted by Gasteiger charge is -2.27. The average molecular weight is 1730 g/mol. The number of hydrogen-bond donors (Lipinski definition) is 2. The Morgan fingerprint density at radius 3 is 0.617 bits per heavy atom. The highest BCUT2D eigenvalue weighted by Crippen LogP contribution is 2.26. The van der Waals surface area contributed by atoms with Crippen molar-refractivity contribution < 1.29 is 48.3 Å². The summed E-state index contributed by atoms with van der Waals surface area (Å²) < 4.78 is 23.3. The van der Waals surface area contributed by atoms with Crippen molar-refractivity contribution >= 4 is 35.5 Å². The van der Waals surface area contributed by atoms with E-state index in [1.54, 1.807) is 0 Å². The van der Waals surface area contributed by atoms with Crippen LogP contribution in [0.2, 0.25) is 0 Å². The molecule has 14 heteroatoms. The molecule has 0 aliphatic heterocycles. The van der Waals surface area contributed by atoms with Crippen molar-refractivity contribution in [3.63, 3.8) is 0 Å². The summed E-state index contributed by atoms with van der Waals surface area (Å²) in [5.41, 5.74) is 0. The average Bonchev–Trinajstić information content (AvgIpc) is 1.00. The summed E-state index contributed by atoms with van der Waals surface area (Å²) in [6.07, 6.45) is 84.2. The first-order valence-electron chi connectivity index (χ1n) is 52.9. The summed E-state index contributed by atoms with van der Waals surface area (Å²) >= 11 is 6.13. The molecule has 720 valence electrons. The first-order valence-corrected chi connectivity index (χ1v) is 53.5. The van der Waals surface area contributed by atoms with E-state index >= 15 is 0 Å². The van der Waals surface area contributed by atoms with Gasteiger partial charge in [0.15, 0.2) is 0 Å². The van der Waals surface area contributed by atoms with Gasteiger partial charge in [0.25, 0.3) is 0 Å². The lowest BCUT2D eigenvalue weighted by Crippen LogP contribution is -2.38. The minimum absolute atomic E-state index is 0. The SMILES string of the molecule is C.CCCCCCCCC(CCCCCC)COC(=O)CCCCCN(CCCCCC(=O)OCC(CCCCCC)CCCCCCCC)CCN(CCO)CCCC.CCCCCCCCC(CCCCCC)COC(=O)CCCCCN(CCCl)CCCCCC(=O)OCC(CCCCCC)CCCCCCCC.CCCCCCCO. The van der Waals surface area contributed by atoms with Crippen LogP contribution < -0.4 is 0 Å². The van der Waals surface area contributed by atoms with Crippen LogP contribution in [0.25, 0.3) is 0 Å². The molecule has 0 saturated carbocycles. The van der Waals surface area contributed by atoms with E-state index in [1.807, 2.05) is 0 Å². The molecule has 2 N–H and O–H groups in total. The Balaban J connectivity index is -0.00000102. The second-order valence-electron chi connectivity index (χ2n) is 36.5. The molecule has 0 spiro atoms. The van der Waals surface area contributed by atoms with Gasteiger partial charge < -0.3 is 39.0 Å². The third-order valence-electron chi connectivity index (χ3n) is 24.7. The number of aliphatic hydroxyl groups is 2. The molecule has 0 aliphatic carbocycles. The monoisotopic (exact) mass is 1720 g/mol. The fourth-order valence-electron chi connectivity index (χ4n) is 16.4. The summed E-state index contributed by atoms with van der Waals surface area (Å²) in [6.45, 7) is 34.2. The summed E-state index contributed by atoms with van der Waals surface area (Å²) in [6, 6.07) is 0. The fourth-order valence-corrected chi connectivity index (χ4v) is 16.7. The molecule has 0 aromatic heterocycles. The predicted octanol–water partition coefficient (Wildman–Crippen LogP) is 31.3. The van der Waals surface area contributed by atoms with Gasteiger partial charge >= 0.3 is 23.9 Å². The molecule has 0 aromatic rings. The normalized spacial score (nSPS) is 12.4. The number of ether oxygens (including phenoxy) is 4. The zero-order chi connectivity index (χ0) is 87.7. The van der Waals surface area contributed by atoms with Gasteiger partial charge in [0.2, 0.25) is 0 Å². The van der Waals surface area contributed by atoms with Crippen molar-refractivity contribution in [1.29, 1.82) is 0 Å². The van der Waals surface area contributed by atoms with E-state index in [0.29, 0.717) is 88.3 Å². The maximum absolute atomic E-state index is 12.8. The Morgan fingerprint density at radius 2 is 0.400 bits per heavy atom. The predicted molar refractivity (Wildman–Crippen MR) is 523 cm³/mol. The van der Waals surface area contributed by atoms with Gasteiger partial charge in [-0.2, -0.15) is 0 Å². The third-order valence-corrected chi connectivity index (χ3v) is 24.9. The molecule has 4 unspecified atom stereocenters. The van der Waals surface area contributed by atoms with Crippen LogP contribution in [-0.2, 0) is 38.1 Å². The van der Waals surface area contributed by atoms with Crippen LogP contribution in [0.5, 0.6) is 0 Å². The molecule has 4 atom stereocenters. The molecule has 0 bridgehead atoms. The van der Waals surface area contributed by atoms with E-state index in [-0.39, 0.29) is 37.9 Å². The molecule has 0 heterocycles. The first kappa shape index (κ1) is 124. The zero-order valence-corrected chi connectivity index (χ0v) is 82.5. The summed E-state index contributed by atoms with van der Waals surface area (Å²) in [5, 5.41) is 18.0. The number of halogens is 1. The van der Waals surface area contributed by atoms with Crippen molar-refractivity contribution in [3.05, 3.63) is 0 Å². The Hall–Kier alpha value is -2.03. The topological polar surface area (TPSA) is 155 Å². The number of aliphatic hydroxyl groups excluding tert-OH is 2. The molecule has 120 heavy (non-hydrogen) atoms. The smallest absolute Gasteiger partial charge is 0.305 e. The second-order valence-corrected chi connectivity index (χ2v) is 36.9. The number of alkyl halides is 1. The summed E-state index contributed by atoms with van der Waals surface area (Å²) in [4.78, 5) is 58.1. The van der Waals surface area contributed by atoms with Gasteiger partial charge in [0.1, 0.15) is 0 Å². The lowest BCUT2D eigenvalue weighted by atomic mass is 9.95. The number of unbranched alkanes of at least 4 members (excludes halogenated alkanes) is 45. The van der Waals surface area contributed by atoms with Crippen molar-refractivity contribution in [2.24, 2.45) is 23.7 Å². The van der Waals surface area contributed by atoms with Gasteiger partial charge in [0.05, 0.1) is 33.0 Å². The maximum atomic E-state index is 12.8. The zero-order valence-electron chi connectivity index (χ0n) is 81.7. The quantitative estimate of drug-likeness (QED) is 0.0257. The third kappa shape index (κ3) is 96.6. The van der Waals surface area contributed by atoms with Crippen molar-refractivity contribution in [3.8, 4) is 0 Å². The van der Waals surface area contributed by atoms with Gasteiger partial charge in [-0.05, 0) is 172 Å². The maximum Gasteiger partial charge on any atom is 0.305 e. The van der Waals surface area contributed by atoms with Crippen molar-refractivity contribution in [1.82, 2.24) is 14.7 Å². The van der Waals surface area contributed by atoms with Crippen molar-refractivity contribution in [2.45, 2.75) is 533 Å². The van der Waals surface area contributed by atoms with Gasteiger partial charge in [-0.3, -0.25) is 24.1 Å². The number of nitrogens with zero attached hydrogens (tertiary/aromatic N) is 3. The Bertz CT molecular complexity index is 1870. The van der Waals surface area contributed by atoms with E-state index in [0.717, 1.165) is 155 Å². The molecule has 0 saturated heterocycles. The minimum atomic E-state index is -0.0160. The van der Waals surface area contributed by atoms with Gasteiger partial charge in [-0.1, -0.05) is 391 Å². The molecule has 0 fully saturated rings. The van der Waals surface area contributed by atoms with Crippen LogP contribution >= 0.6 is 11.6 Å². The number of carbonyl (C=O) groups is 4. The van der Waals surface area contributed by atoms with Crippen LogP contribution in [-0.4, -0.2) is 153 Å². The summed E-state index contributed by atoms with van der Waals surface area (Å²) in [7, 11) is 0. The molecule has 0 radical (unpaired) electrons. The first-order chi connectivity index (χ1) is 58.3. The van der Waals surface area contributed by atoms with Crippen LogP contribution in [0.1, 0.15) is 533 Å². The van der Waals surface area contributed by atoms with Crippen molar-refractivity contribution in [2.75, 3.05) is 104 Å². The van der Waals surface area contributed by atoms with E-state index in [2.05, 4.69) is 83.9 Å². The number of carbonyl (C=O) groups excluding carboxylic acids is 4. The molecule has 0 amide bonds. The van der Waals surface area contributed by atoms with Crippen LogP contribution in [0.15, 0.2) is 0 Å². The summed E-state index contributed by atoms with van der Waals surface area (Å²) in [5.74, 6) is 2.65. The van der Waals surface area contributed by atoms with Gasteiger partial charge in [-0.25, -0.2) is 0 Å². The second kappa shape index (κ2) is 106. The van der Waals surface area contributed by atoms with E-state index < -0.39 is 0 Å². The van der Waals surface area contributed by atoms with Gasteiger partial charge in [0, 0.05) is 64.3 Å². The van der Waals surface area contributed by atoms with Crippen LogP contribution in [0.4, 0.5) is 0 Å². The van der Waals surface area contributed by atoms with E-state index in [4.69, 9.17) is 35.7 Å². The highest BCUT2D eigenvalue weighted by molar-refractivity contribution is 6.18. The van der Waals surface area contributed by atoms with E-state index in [1.165, 1.54) is 334 Å². The highest BCUT2D eigenvalue weighted by atomic mass is 35.5. The largest absolute Gasteiger partial charge is 0.465 e. The van der Waals surface area contributed by atoms with Crippen LogP contribution in [0, 0.1) is 23.7 Å². The number of esters is 4. The molecule has 0 aromatic carbocycles. The Morgan fingerprint density at radius 1 is 0.217 bits per heavy atom. The molecular weight excluding hydrogens is 1510 g/mol. The molecule has 0 aliphatic rings. The van der Waals surface area contributed by atoms with Gasteiger partial charge in [-0.15, -0.1) is 11.6 Å². The number of rotatable bonds is 95. The Labute approximate surface area is 754 Å². The Kier molecular flexibility index (Phi) is 110. The molecule has 13 nitrogen and oxygen atoms in total. The molecular formula is C106H214ClN3O10. The fraction of sp³-hybridized carbons (Fsp3) is 0.962. The highest BCUT2D eigenvalue weighted by Gasteiger charge is 2.19. The van der Waals surface area contributed by atoms with Crippen LogP contribution in [0.3, 0.4) is 0 Å². The standard InChI is InChI=1S/C52H104N2O5.C46H90ClNO4.C7H16O.CH4/c1-6-11-16-20-22-28-36-49(34-26-18-13-8-3)47-58-51(56)38-30-24-32-41-53(43-44-54(45-46-55)40-15-10-5)42-33-25-31-39-52(57)59-48-50(35-27-19-14-9-4)37-29-23-21-17-12-7-2;1-5-9-13-17-19-25-33-43(31-23-15-11-7-3)41-51-45(49)35-27-21-29-38-48(40-37-47)39-30-22-28-36-46(50)52-42-44(32-24-16-12-8-4)34-26-20-18-14-10-6-2;1-2-3-4-5-6-7-8;/h49-50,55H,6-48H2,1-5H3;43-44H,5-42H2,1-4H3;8H,2-7H2,1H3;1H4. The molecule has 0 rings (SSSR count). The lowest BCUT2D eigenvalue weighted by molar-refractivity contribution is -0.146. The number of hydrogen-bond acceptors (Lipinski definition) is 13. The minimum Gasteiger partial charge on any atom is -0.465 e. The van der Waals surface area contributed by atoms with E-state index in [9.17, 15) is 24.3 Å².